The Balaban J connectivity index is 1.90. The van der Waals surface area contributed by atoms with E-state index in [2.05, 4.69) is 10.6 Å². The molecule has 0 radical (unpaired) electrons. The van der Waals surface area contributed by atoms with E-state index < -0.39 is 0 Å². The van der Waals surface area contributed by atoms with Gasteiger partial charge in [0.05, 0.1) is 13.1 Å². The summed E-state index contributed by atoms with van der Waals surface area (Å²) in [6.07, 6.45) is 4.96. The van der Waals surface area contributed by atoms with E-state index in [0.29, 0.717) is 24.3 Å². The number of amides is 2. The van der Waals surface area contributed by atoms with Crippen molar-refractivity contribution in [3.8, 4) is 0 Å². The van der Waals surface area contributed by atoms with Gasteiger partial charge in [0.25, 0.3) is 11.8 Å². The van der Waals surface area contributed by atoms with E-state index >= 15 is 0 Å². The van der Waals surface area contributed by atoms with E-state index in [1.54, 1.807) is 18.2 Å². The Labute approximate surface area is 132 Å². The molecule has 3 N–H and O–H groups in total. The van der Waals surface area contributed by atoms with Gasteiger partial charge in [0.1, 0.15) is 0 Å². The first-order chi connectivity index (χ1) is 10.7. The molecule has 1 aliphatic rings. The van der Waals surface area contributed by atoms with E-state index in [0.717, 1.165) is 13.1 Å². The summed E-state index contributed by atoms with van der Waals surface area (Å²) < 4.78 is 0. The summed E-state index contributed by atoms with van der Waals surface area (Å²) in [5.41, 5.74) is 1.25. The lowest BCUT2D eigenvalue weighted by Gasteiger charge is -2.16. The zero-order chi connectivity index (χ0) is 15.8. The molecule has 22 heavy (non-hydrogen) atoms. The van der Waals surface area contributed by atoms with Crippen molar-refractivity contribution in [2.75, 3.05) is 31.5 Å². The van der Waals surface area contributed by atoms with Crippen LogP contribution < -0.4 is 15.5 Å². The zero-order valence-corrected chi connectivity index (χ0v) is 13.3. The Kier molecular flexibility index (Phi) is 6.40. The third-order valence-corrected chi connectivity index (χ3v) is 3.97. The molecule has 120 valence electrons. The van der Waals surface area contributed by atoms with Crippen LogP contribution in [0.1, 0.15) is 43.0 Å². The van der Waals surface area contributed by atoms with Gasteiger partial charge in [0.2, 0.25) is 0 Å². The van der Waals surface area contributed by atoms with Crippen LogP contribution in [-0.2, 0) is 4.79 Å². The number of likely N-dealkylation sites (tertiary alicyclic amines) is 1. The summed E-state index contributed by atoms with van der Waals surface area (Å²) >= 11 is 0. The highest BCUT2D eigenvalue weighted by Gasteiger charge is 2.16. The average Bonchev–Trinajstić information content (AvgIpc) is 2.76. The van der Waals surface area contributed by atoms with Crippen LogP contribution in [0.3, 0.4) is 0 Å². The Bertz CT molecular complexity index is 508. The number of quaternary nitrogens is 1. The first kappa shape index (κ1) is 16.5. The fraction of sp³-hybridized carbons (Fsp3) is 0.529. The van der Waals surface area contributed by atoms with Gasteiger partial charge in [-0.25, -0.2) is 0 Å². The van der Waals surface area contributed by atoms with Crippen molar-refractivity contribution in [2.24, 2.45) is 0 Å². The van der Waals surface area contributed by atoms with Gasteiger partial charge in [-0.15, -0.1) is 0 Å². The molecule has 1 heterocycles. The minimum Gasteiger partial charge on any atom is -0.352 e. The van der Waals surface area contributed by atoms with E-state index in [1.165, 1.54) is 30.6 Å². The fourth-order valence-electron chi connectivity index (χ4n) is 2.84. The van der Waals surface area contributed by atoms with Crippen LogP contribution >= 0.6 is 0 Å². The molecule has 0 aromatic heterocycles. The van der Waals surface area contributed by atoms with Crippen LogP contribution in [0.25, 0.3) is 0 Å². The molecule has 5 nitrogen and oxygen atoms in total. The molecule has 2 rings (SSSR count). The molecule has 1 aromatic rings. The van der Waals surface area contributed by atoms with Crippen molar-refractivity contribution in [3.63, 3.8) is 0 Å². The first-order valence-corrected chi connectivity index (χ1v) is 8.20. The van der Waals surface area contributed by atoms with Crippen molar-refractivity contribution in [1.29, 1.82) is 0 Å². The first-order valence-electron chi connectivity index (χ1n) is 8.20. The summed E-state index contributed by atoms with van der Waals surface area (Å²) in [5.74, 6) is -0.0957. The predicted octanol–water partition coefficient (Wildman–Crippen LogP) is 0.834. The largest absolute Gasteiger partial charge is 0.352 e. The van der Waals surface area contributed by atoms with Gasteiger partial charge in [-0.05, 0) is 50.8 Å². The number of hydrogen-bond donors (Lipinski definition) is 3. The quantitative estimate of drug-likeness (QED) is 0.755. The molecule has 2 amide bonds. The highest BCUT2D eigenvalue weighted by Crippen LogP contribution is 2.10. The molecule has 5 heteroatoms. The lowest BCUT2D eigenvalue weighted by molar-refractivity contribution is -0.890. The Morgan fingerprint density at radius 2 is 1.86 bits per heavy atom. The lowest BCUT2D eigenvalue weighted by Crippen LogP contribution is -3.12. The molecule has 0 spiro atoms. The molecular formula is C17H26N3O2+. The second kappa shape index (κ2) is 8.54. The molecule has 0 atom stereocenters. The summed E-state index contributed by atoms with van der Waals surface area (Å²) in [6, 6.07) is 7.08. The molecule has 1 aromatic carbocycles. The van der Waals surface area contributed by atoms with Crippen molar-refractivity contribution in [1.82, 2.24) is 5.32 Å². The van der Waals surface area contributed by atoms with E-state index in [1.807, 2.05) is 13.0 Å². The van der Waals surface area contributed by atoms with Crippen LogP contribution in [0.4, 0.5) is 5.69 Å². The number of anilines is 1. The maximum Gasteiger partial charge on any atom is 0.279 e. The van der Waals surface area contributed by atoms with Gasteiger partial charge < -0.3 is 15.5 Å². The molecule has 0 bridgehead atoms. The summed E-state index contributed by atoms with van der Waals surface area (Å²) in [4.78, 5) is 25.3. The van der Waals surface area contributed by atoms with Gasteiger partial charge in [0, 0.05) is 17.8 Å². The minimum atomic E-state index is -0.114. The number of carbonyl (C=O) groups excluding carboxylic acids is 2. The molecule has 0 aliphatic carbocycles. The number of nitrogens with one attached hydrogen (secondary N) is 3. The molecule has 1 aliphatic heterocycles. The SMILES string of the molecule is CCNC(=O)c1cccc(NC(=O)C[NH+]2CCCCCC2)c1. The van der Waals surface area contributed by atoms with Gasteiger partial charge in [0.15, 0.2) is 6.54 Å². The maximum atomic E-state index is 12.2. The summed E-state index contributed by atoms with van der Waals surface area (Å²) in [7, 11) is 0. The molecule has 0 saturated carbocycles. The van der Waals surface area contributed by atoms with E-state index in [-0.39, 0.29) is 11.8 Å². The van der Waals surface area contributed by atoms with Gasteiger partial charge in [-0.1, -0.05) is 6.07 Å². The predicted molar refractivity (Wildman–Crippen MR) is 87.1 cm³/mol. The van der Waals surface area contributed by atoms with Gasteiger partial charge >= 0.3 is 0 Å². The van der Waals surface area contributed by atoms with Crippen LogP contribution in [0.2, 0.25) is 0 Å². The van der Waals surface area contributed by atoms with Crippen molar-refractivity contribution >= 4 is 17.5 Å². The van der Waals surface area contributed by atoms with Crippen LogP contribution in [0, 0.1) is 0 Å². The smallest absolute Gasteiger partial charge is 0.279 e. The average molecular weight is 304 g/mol. The lowest BCUT2D eigenvalue weighted by atomic mass is 10.2. The molecule has 1 fully saturated rings. The molecule has 0 unspecified atom stereocenters. The zero-order valence-electron chi connectivity index (χ0n) is 13.3. The minimum absolute atomic E-state index is 0.0185. The highest BCUT2D eigenvalue weighted by molar-refractivity contribution is 5.97. The third-order valence-electron chi connectivity index (χ3n) is 3.97. The number of benzene rings is 1. The topological polar surface area (TPSA) is 62.6 Å². The van der Waals surface area contributed by atoms with E-state index in [9.17, 15) is 9.59 Å². The second-order valence-corrected chi connectivity index (χ2v) is 5.83. The maximum absolute atomic E-state index is 12.2. The van der Waals surface area contributed by atoms with Gasteiger partial charge in [-0.2, -0.15) is 0 Å². The van der Waals surface area contributed by atoms with Crippen molar-refractivity contribution < 1.29 is 14.5 Å². The number of carbonyl (C=O) groups is 2. The van der Waals surface area contributed by atoms with Crippen molar-refractivity contribution in [3.05, 3.63) is 29.8 Å². The number of hydrogen-bond acceptors (Lipinski definition) is 2. The number of rotatable bonds is 5. The standard InChI is InChI=1S/C17H25N3O2/c1-2-18-17(22)14-8-7-9-15(12-14)19-16(21)13-20-10-5-3-4-6-11-20/h7-9,12H,2-6,10-11,13H2,1H3,(H,18,22)(H,19,21)/p+1. The molecular weight excluding hydrogens is 278 g/mol. The Morgan fingerprint density at radius 3 is 2.55 bits per heavy atom. The normalized spacial score (nSPS) is 15.9. The Morgan fingerprint density at radius 1 is 1.14 bits per heavy atom. The summed E-state index contributed by atoms with van der Waals surface area (Å²) in [5, 5.41) is 5.67. The third kappa shape index (κ3) is 5.15. The van der Waals surface area contributed by atoms with E-state index in [4.69, 9.17) is 0 Å². The second-order valence-electron chi connectivity index (χ2n) is 5.83. The Hall–Kier alpha value is -1.88. The summed E-state index contributed by atoms with van der Waals surface area (Å²) in [6.45, 7) is 5.13. The molecule has 1 saturated heterocycles. The van der Waals surface area contributed by atoms with Crippen molar-refractivity contribution in [2.45, 2.75) is 32.6 Å². The van der Waals surface area contributed by atoms with Crippen LogP contribution in [0.15, 0.2) is 24.3 Å². The monoisotopic (exact) mass is 304 g/mol. The highest BCUT2D eigenvalue weighted by atomic mass is 16.2. The van der Waals surface area contributed by atoms with Crippen LogP contribution in [-0.4, -0.2) is 38.0 Å². The van der Waals surface area contributed by atoms with Gasteiger partial charge in [-0.3, -0.25) is 9.59 Å². The fourth-order valence-corrected chi connectivity index (χ4v) is 2.84. The van der Waals surface area contributed by atoms with Crippen LogP contribution in [0.5, 0.6) is 0 Å².